The number of carbonyl (C=O) groups is 3. The van der Waals surface area contributed by atoms with Gasteiger partial charge in [-0.05, 0) is 150 Å². The van der Waals surface area contributed by atoms with Gasteiger partial charge >= 0.3 is 13.8 Å². The standard InChI is InChI=1S/C65H89N2O13P/c1-5-67(6-2,43-50-37-48(27-30-57(50)80-81(73,74)75)56(70)41-66-33-16-7-8-17-34-76-35-18-15-22-45-20-11-9-12-21-45)42-46-23-19-26-49(36-46)61(72)77-44-58(71)65-59(78-62(79-65)47-24-13-10-14-25-47)39-54-53-29-28-51-38-52(68)31-32-63(51,3)60(53)55(69)40-64(54,65)4/h9,11-12,19-21,23,26-27,30-32,36-38,47,53-56,59-60,62,66,69-70H,5-8,10,13-18,22,24-25,28-29,33-35,39-44H2,1-4H3,(H-,73,74,75)/p+1/t53-,54-,55-,56?,59+,60+,62+,63-,64-,65+/m0/s1. The Morgan fingerprint density at radius 1 is 0.877 bits per heavy atom. The van der Waals surface area contributed by atoms with Crippen molar-refractivity contribution in [2.75, 3.05) is 46.0 Å². The number of ether oxygens (including phenoxy) is 4. The van der Waals surface area contributed by atoms with Crippen molar-refractivity contribution in [2.45, 2.75) is 174 Å². The second-order valence-corrected chi connectivity index (χ2v) is 26.0. The summed E-state index contributed by atoms with van der Waals surface area (Å²) in [5, 5.41) is 27.0. The first-order valence-electron chi connectivity index (χ1n) is 30.4. The van der Waals surface area contributed by atoms with Gasteiger partial charge in [-0.1, -0.05) is 106 Å². The number of aliphatic hydroxyl groups excluding tert-OH is 2. The van der Waals surface area contributed by atoms with Crippen molar-refractivity contribution in [2.24, 2.45) is 34.5 Å². The lowest BCUT2D eigenvalue weighted by molar-refractivity contribution is -0.950. The van der Waals surface area contributed by atoms with Gasteiger partial charge in [-0.25, -0.2) is 9.36 Å². The van der Waals surface area contributed by atoms with Gasteiger partial charge in [-0.2, -0.15) is 0 Å². The summed E-state index contributed by atoms with van der Waals surface area (Å²) in [6.45, 7) is 12.3. The maximum Gasteiger partial charge on any atom is 0.524 e. The number of unbranched alkanes of at least 4 members (excludes halogenated alkanes) is 4. The Bertz CT molecular complexity index is 2750. The molecule has 0 radical (unpaired) electrons. The van der Waals surface area contributed by atoms with Gasteiger partial charge in [0.15, 0.2) is 24.3 Å². The molecule has 0 amide bonds. The molecule has 3 aromatic rings. The van der Waals surface area contributed by atoms with Crippen LogP contribution in [-0.4, -0.2) is 112 Å². The summed E-state index contributed by atoms with van der Waals surface area (Å²) in [6.07, 6.45) is 17.4. The number of hydrogen-bond donors (Lipinski definition) is 5. The third-order valence-electron chi connectivity index (χ3n) is 19.8. The molecular formula is C65H90N2O13P+. The summed E-state index contributed by atoms with van der Waals surface area (Å²) in [6, 6.07) is 22.6. The van der Waals surface area contributed by atoms with Gasteiger partial charge in [0.2, 0.25) is 5.78 Å². The van der Waals surface area contributed by atoms with Crippen molar-refractivity contribution in [1.29, 1.82) is 0 Å². The third kappa shape index (κ3) is 13.8. The Morgan fingerprint density at radius 2 is 1.62 bits per heavy atom. The van der Waals surface area contributed by atoms with Crippen LogP contribution in [0.4, 0.5) is 0 Å². The molecule has 0 aromatic heterocycles. The molecule has 1 heterocycles. The summed E-state index contributed by atoms with van der Waals surface area (Å²) >= 11 is 0. The number of hydrogen-bond acceptors (Lipinski definition) is 12. The molecule has 1 unspecified atom stereocenters. The highest BCUT2D eigenvalue weighted by atomic mass is 31.2. The van der Waals surface area contributed by atoms with E-state index >= 15 is 4.79 Å². The van der Waals surface area contributed by atoms with Crippen LogP contribution in [0.1, 0.15) is 163 Å². The van der Waals surface area contributed by atoms with Gasteiger partial charge in [0.1, 0.15) is 18.8 Å². The van der Waals surface area contributed by atoms with E-state index in [1.54, 1.807) is 42.5 Å². The van der Waals surface area contributed by atoms with Crippen molar-refractivity contribution >= 4 is 25.4 Å². The minimum absolute atomic E-state index is 0.0173. The van der Waals surface area contributed by atoms with Crippen LogP contribution in [0.3, 0.4) is 0 Å². The van der Waals surface area contributed by atoms with Gasteiger partial charge in [0.25, 0.3) is 0 Å². The van der Waals surface area contributed by atoms with Crippen molar-refractivity contribution in [1.82, 2.24) is 5.32 Å². The first kappa shape index (κ1) is 61.2. The predicted octanol–water partition coefficient (Wildman–Crippen LogP) is 10.6. The molecule has 15 nitrogen and oxygen atoms in total. The van der Waals surface area contributed by atoms with E-state index in [4.69, 9.17) is 23.5 Å². The molecule has 3 aromatic carbocycles. The van der Waals surface area contributed by atoms with Gasteiger partial charge in [-0.3, -0.25) is 19.4 Å². The van der Waals surface area contributed by atoms with Crippen LogP contribution < -0.4 is 9.84 Å². The molecule has 0 bridgehead atoms. The average molecular weight is 1140 g/mol. The van der Waals surface area contributed by atoms with E-state index in [9.17, 15) is 34.2 Å². The number of benzene rings is 3. The quantitative estimate of drug-likeness (QED) is 0.0199. The predicted molar refractivity (Wildman–Crippen MR) is 309 cm³/mol. The van der Waals surface area contributed by atoms with Gasteiger partial charge in [-0.15, -0.1) is 0 Å². The number of quaternary nitrogens is 1. The van der Waals surface area contributed by atoms with Gasteiger partial charge in [0.05, 0.1) is 37.0 Å². The lowest BCUT2D eigenvalue weighted by Gasteiger charge is -2.59. The molecule has 0 spiro atoms. The topological polar surface area (TPSA) is 207 Å². The summed E-state index contributed by atoms with van der Waals surface area (Å²) < 4.78 is 43.8. The highest BCUT2D eigenvalue weighted by Crippen LogP contribution is 2.70. The van der Waals surface area contributed by atoms with E-state index in [-0.39, 0.29) is 46.6 Å². The fraction of sp³-hybridized carbons (Fsp3) is 0.615. The molecular weight excluding hydrogens is 1050 g/mol. The highest BCUT2D eigenvalue weighted by Gasteiger charge is 2.76. The lowest BCUT2D eigenvalue weighted by Crippen LogP contribution is -2.63. The molecule has 4 saturated carbocycles. The third-order valence-corrected chi connectivity index (χ3v) is 20.3. The zero-order chi connectivity index (χ0) is 57.4. The van der Waals surface area contributed by atoms with Gasteiger partial charge < -0.3 is 43.5 Å². The maximum atomic E-state index is 15.2. The van der Waals surface area contributed by atoms with E-state index in [1.165, 1.54) is 11.6 Å². The zero-order valence-corrected chi connectivity index (χ0v) is 49.2. The van der Waals surface area contributed by atoms with Crippen LogP contribution in [0.5, 0.6) is 5.75 Å². The summed E-state index contributed by atoms with van der Waals surface area (Å²) in [4.78, 5) is 61.8. The lowest BCUT2D eigenvalue weighted by atomic mass is 9.46. The monoisotopic (exact) mass is 1140 g/mol. The minimum Gasteiger partial charge on any atom is -0.454 e. The summed E-state index contributed by atoms with van der Waals surface area (Å²) in [7, 11) is -4.94. The second kappa shape index (κ2) is 26.7. The first-order chi connectivity index (χ1) is 38.9. The largest absolute Gasteiger partial charge is 0.524 e. The zero-order valence-electron chi connectivity index (χ0n) is 48.3. The van der Waals surface area contributed by atoms with Crippen molar-refractivity contribution in [3.63, 3.8) is 0 Å². The second-order valence-electron chi connectivity index (χ2n) is 24.8. The molecule has 10 atom stereocenters. The first-order valence-corrected chi connectivity index (χ1v) is 31.9. The smallest absolute Gasteiger partial charge is 0.454 e. The number of phosphoric ester groups is 1. The fourth-order valence-corrected chi connectivity index (χ4v) is 15.8. The van der Waals surface area contributed by atoms with Gasteiger partial charge in [0, 0.05) is 53.6 Å². The van der Waals surface area contributed by atoms with Crippen molar-refractivity contribution < 1.29 is 66.9 Å². The van der Waals surface area contributed by atoms with Crippen molar-refractivity contribution in [3.05, 3.63) is 124 Å². The van der Waals surface area contributed by atoms with Crippen molar-refractivity contribution in [3.8, 4) is 5.75 Å². The SMILES string of the molecule is CC[N+](CC)(Cc1cccc(C(=O)OCC(=O)[C@@]23O[C@H](C4CCCCC4)O[C@@H]2C[C@H]2[C@@H]4CCC5=CC(=O)C=C[C@]5(C)[C@H]4[C@@H](O)C[C@@]23C)c1)Cc1cc(C(O)CNCCCCCCOCCCCc2ccccc2)ccc1OP(=O)(O)O. The summed E-state index contributed by atoms with van der Waals surface area (Å²) in [5.41, 5.74) is 1.88. The number of Topliss-reactive ketones (excluding diaryl/α,β-unsaturated/α-hetero) is 1. The van der Waals surface area contributed by atoms with E-state index in [0.29, 0.717) is 61.2 Å². The highest BCUT2D eigenvalue weighted by molar-refractivity contribution is 7.46. The van der Waals surface area contributed by atoms with E-state index in [1.807, 2.05) is 32.1 Å². The maximum absolute atomic E-state index is 15.2. The molecule has 1 saturated heterocycles. The molecule has 1 aliphatic heterocycles. The number of aryl methyl sites for hydroxylation is 1. The Kier molecular flexibility index (Phi) is 20.2. The Labute approximate surface area is 480 Å². The average Bonchev–Trinajstić information content (AvgIpc) is 4.20. The Balaban J connectivity index is 0.818. The number of phosphoric acid groups is 1. The number of carbonyl (C=O) groups excluding carboxylic acids is 3. The Hall–Kier alpha value is -4.38. The summed E-state index contributed by atoms with van der Waals surface area (Å²) in [5.74, 6) is -0.978. The number of allylic oxidation sites excluding steroid dienone is 4. The van der Waals surface area contributed by atoms with E-state index in [0.717, 1.165) is 121 Å². The van der Waals surface area contributed by atoms with E-state index in [2.05, 4.69) is 43.4 Å². The molecule has 442 valence electrons. The van der Waals surface area contributed by atoms with Crippen LogP contribution in [0.15, 0.2) is 96.6 Å². The molecule has 9 rings (SSSR count). The number of ketones is 2. The van der Waals surface area contributed by atoms with Crippen LogP contribution in [0, 0.1) is 34.5 Å². The molecule has 5 aliphatic carbocycles. The normalized spacial score (nSPS) is 28.6. The molecule has 6 aliphatic rings. The number of rotatable bonds is 28. The molecule has 81 heavy (non-hydrogen) atoms. The Morgan fingerprint density at radius 3 is 2.37 bits per heavy atom. The van der Waals surface area contributed by atoms with Crippen LogP contribution in [0.25, 0.3) is 0 Å². The minimum atomic E-state index is -4.94. The molecule has 16 heteroatoms. The van der Waals surface area contributed by atoms with Crippen LogP contribution in [-0.2, 0) is 52.6 Å². The molecule has 5 N–H and O–H groups in total. The van der Waals surface area contributed by atoms with E-state index < -0.39 is 61.4 Å². The number of aliphatic hydroxyl groups is 2. The number of esters is 1. The van der Waals surface area contributed by atoms with Crippen LogP contribution in [0.2, 0.25) is 0 Å². The number of nitrogens with zero attached hydrogens (tertiary/aromatic N) is 1. The fourth-order valence-electron chi connectivity index (χ4n) is 15.4. The molecule has 5 fully saturated rings. The number of nitrogens with one attached hydrogen (secondary N) is 1. The number of fused-ring (bicyclic) bond motifs is 7. The van der Waals surface area contributed by atoms with Crippen LogP contribution >= 0.6 is 7.82 Å².